The van der Waals surface area contributed by atoms with Gasteiger partial charge in [0.05, 0.1) is 4.88 Å². The first-order chi connectivity index (χ1) is 5.79. The quantitative estimate of drug-likeness (QED) is 0.515. The molecule has 0 aliphatic carbocycles. The molecule has 62 valence electrons. The van der Waals surface area contributed by atoms with Crippen LogP contribution in [0.4, 0.5) is 0 Å². The van der Waals surface area contributed by atoms with Crippen molar-refractivity contribution in [3.05, 3.63) is 21.9 Å². The molecule has 0 saturated heterocycles. The van der Waals surface area contributed by atoms with Crippen molar-refractivity contribution >= 4 is 17.0 Å². The van der Waals surface area contributed by atoms with Gasteiger partial charge in [0.1, 0.15) is 13.2 Å². The molecule has 4 heteroatoms. The molecule has 0 amide bonds. The second-order valence-electron chi connectivity index (χ2n) is 2.17. The molecule has 3 nitrogen and oxygen atoms in total. The fourth-order valence-corrected chi connectivity index (χ4v) is 1.68. The van der Waals surface area contributed by atoms with E-state index >= 15 is 0 Å². The van der Waals surface area contributed by atoms with Crippen LogP contribution in [-0.2, 0) is 4.84 Å². The topological polar surface area (TPSA) is 45.4 Å². The third-order valence-corrected chi connectivity index (χ3v) is 2.39. The number of thiophene rings is 1. The van der Waals surface area contributed by atoms with Gasteiger partial charge in [-0.3, -0.25) is 0 Å². The van der Waals surface area contributed by atoms with Gasteiger partial charge >= 0.3 is 0 Å². The SMILES string of the molecule is CO/N=C(\C#N)c1sccc1C. The zero-order valence-electron chi connectivity index (χ0n) is 6.87. The first-order valence-corrected chi connectivity index (χ1v) is 4.23. The number of hydrogen-bond acceptors (Lipinski definition) is 4. The van der Waals surface area contributed by atoms with Gasteiger partial charge in [-0.05, 0) is 23.9 Å². The highest BCUT2D eigenvalue weighted by Gasteiger charge is 2.07. The molecular weight excluding hydrogens is 172 g/mol. The Bertz CT molecular complexity index is 335. The van der Waals surface area contributed by atoms with Crippen molar-refractivity contribution in [1.29, 1.82) is 5.26 Å². The lowest BCUT2D eigenvalue weighted by molar-refractivity contribution is 0.214. The molecule has 0 aromatic carbocycles. The van der Waals surface area contributed by atoms with Gasteiger partial charge in [0.25, 0.3) is 0 Å². The van der Waals surface area contributed by atoms with Gasteiger partial charge in [-0.25, -0.2) is 0 Å². The molecule has 0 unspecified atom stereocenters. The summed E-state index contributed by atoms with van der Waals surface area (Å²) in [5.41, 5.74) is 1.39. The van der Waals surface area contributed by atoms with Crippen LogP contribution in [0.2, 0.25) is 0 Å². The smallest absolute Gasteiger partial charge is 0.197 e. The van der Waals surface area contributed by atoms with Gasteiger partial charge in [0.15, 0.2) is 5.71 Å². The molecule has 0 atom stereocenters. The van der Waals surface area contributed by atoms with Gasteiger partial charge < -0.3 is 4.84 Å². The van der Waals surface area contributed by atoms with Crippen molar-refractivity contribution in [1.82, 2.24) is 0 Å². The minimum absolute atomic E-state index is 0.338. The van der Waals surface area contributed by atoms with E-state index in [2.05, 4.69) is 9.99 Å². The summed E-state index contributed by atoms with van der Waals surface area (Å²) in [5.74, 6) is 0. The van der Waals surface area contributed by atoms with Gasteiger partial charge in [0.2, 0.25) is 0 Å². The number of aryl methyl sites for hydroxylation is 1. The molecule has 0 fully saturated rings. The van der Waals surface area contributed by atoms with Crippen LogP contribution in [0.3, 0.4) is 0 Å². The van der Waals surface area contributed by atoms with Crippen LogP contribution >= 0.6 is 11.3 Å². The van der Waals surface area contributed by atoms with E-state index in [1.54, 1.807) is 0 Å². The van der Waals surface area contributed by atoms with Crippen molar-refractivity contribution in [2.75, 3.05) is 7.11 Å². The summed E-state index contributed by atoms with van der Waals surface area (Å²) in [7, 11) is 1.43. The highest BCUT2D eigenvalue weighted by Crippen LogP contribution is 2.16. The van der Waals surface area contributed by atoms with Crippen molar-refractivity contribution in [3.63, 3.8) is 0 Å². The van der Waals surface area contributed by atoms with E-state index in [-0.39, 0.29) is 0 Å². The van der Waals surface area contributed by atoms with Crippen LogP contribution in [0, 0.1) is 18.3 Å². The van der Waals surface area contributed by atoms with E-state index in [9.17, 15) is 0 Å². The summed E-state index contributed by atoms with van der Waals surface area (Å²) in [5, 5.41) is 14.2. The van der Waals surface area contributed by atoms with Crippen LogP contribution in [-0.4, -0.2) is 12.8 Å². The normalized spacial score (nSPS) is 10.9. The lowest BCUT2D eigenvalue weighted by Crippen LogP contribution is -1.96. The molecule has 0 N–H and O–H groups in total. The average Bonchev–Trinajstić information content (AvgIpc) is 2.47. The second kappa shape index (κ2) is 3.88. The van der Waals surface area contributed by atoms with Crippen LogP contribution < -0.4 is 0 Å². The first kappa shape index (κ1) is 8.75. The maximum Gasteiger partial charge on any atom is 0.197 e. The van der Waals surface area contributed by atoms with E-state index in [1.165, 1.54) is 18.4 Å². The van der Waals surface area contributed by atoms with Crippen LogP contribution in [0.1, 0.15) is 10.4 Å². The summed E-state index contributed by atoms with van der Waals surface area (Å²) in [4.78, 5) is 5.42. The van der Waals surface area contributed by atoms with Gasteiger partial charge in [-0.15, -0.1) is 11.3 Å². The van der Waals surface area contributed by atoms with Gasteiger partial charge in [-0.2, -0.15) is 5.26 Å². The standard InChI is InChI=1S/C8H8N2OS/c1-6-3-4-12-8(6)7(5-9)10-11-2/h3-4H,1-2H3/b10-7+. The van der Waals surface area contributed by atoms with Crippen LogP contribution in [0.15, 0.2) is 16.6 Å². The zero-order valence-corrected chi connectivity index (χ0v) is 7.68. The summed E-state index contributed by atoms with van der Waals surface area (Å²) in [6.45, 7) is 1.94. The molecule has 0 spiro atoms. The van der Waals surface area contributed by atoms with Gasteiger partial charge in [0, 0.05) is 0 Å². The van der Waals surface area contributed by atoms with Crippen LogP contribution in [0.25, 0.3) is 0 Å². The monoisotopic (exact) mass is 180 g/mol. The Morgan fingerprint density at radius 3 is 2.92 bits per heavy atom. The third kappa shape index (κ3) is 1.63. The lowest BCUT2D eigenvalue weighted by atomic mass is 10.2. The van der Waals surface area contributed by atoms with Crippen LogP contribution in [0.5, 0.6) is 0 Å². The van der Waals surface area contributed by atoms with Crippen molar-refractivity contribution in [3.8, 4) is 6.07 Å². The molecule has 0 bridgehead atoms. The number of nitriles is 1. The lowest BCUT2D eigenvalue weighted by Gasteiger charge is -1.93. The minimum atomic E-state index is 0.338. The molecule has 1 heterocycles. The Morgan fingerprint density at radius 2 is 2.50 bits per heavy atom. The van der Waals surface area contributed by atoms with Crippen molar-refractivity contribution < 1.29 is 4.84 Å². The Morgan fingerprint density at radius 1 is 1.75 bits per heavy atom. The molecular formula is C8H8N2OS. The fourth-order valence-electron chi connectivity index (χ4n) is 0.819. The number of hydrogen-bond donors (Lipinski definition) is 0. The van der Waals surface area contributed by atoms with E-state index in [1.807, 2.05) is 24.4 Å². The molecule has 1 aromatic heterocycles. The maximum atomic E-state index is 8.70. The average molecular weight is 180 g/mol. The Balaban J connectivity index is 3.05. The minimum Gasteiger partial charge on any atom is -0.398 e. The molecule has 0 aliphatic heterocycles. The largest absolute Gasteiger partial charge is 0.398 e. The molecule has 0 aliphatic rings. The second-order valence-corrected chi connectivity index (χ2v) is 3.08. The fraction of sp³-hybridized carbons (Fsp3) is 0.250. The number of oxime groups is 1. The molecule has 0 saturated carbocycles. The van der Waals surface area contributed by atoms with Crippen molar-refractivity contribution in [2.24, 2.45) is 5.16 Å². The highest BCUT2D eigenvalue weighted by molar-refractivity contribution is 7.12. The molecule has 12 heavy (non-hydrogen) atoms. The number of nitrogens with zero attached hydrogens (tertiary/aromatic N) is 2. The first-order valence-electron chi connectivity index (χ1n) is 3.35. The van der Waals surface area contributed by atoms with Gasteiger partial charge in [-0.1, -0.05) is 5.16 Å². The Labute approximate surface area is 74.9 Å². The molecule has 0 radical (unpaired) electrons. The molecule has 1 aromatic rings. The summed E-state index contributed by atoms with van der Waals surface area (Å²) in [6, 6.07) is 3.93. The summed E-state index contributed by atoms with van der Waals surface area (Å²) < 4.78 is 0. The predicted octanol–water partition coefficient (Wildman–Crippen LogP) is 1.93. The summed E-state index contributed by atoms with van der Waals surface area (Å²) >= 11 is 1.49. The molecule has 1 rings (SSSR count). The number of rotatable bonds is 2. The maximum absolute atomic E-state index is 8.70. The van der Waals surface area contributed by atoms with E-state index in [0.717, 1.165) is 10.4 Å². The van der Waals surface area contributed by atoms with E-state index in [4.69, 9.17) is 5.26 Å². The zero-order chi connectivity index (χ0) is 8.97. The highest BCUT2D eigenvalue weighted by atomic mass is 32.1. The Kier molecular flexibility index (Phi) is 2.83. The Hall–Kier alpha value is -1.34. The third-order valence-electron chi connectivity index (χ3n) is 1.37. The van der Waals surface area contributed by atoms with E-state index < -0.39 is 0 Å². The predicted molar refractivity (Wildman–Crippen MR) is 48.2 cm³/mol. The van der Waals surface area contributed by atoms with Crippen molar-refractivity contribution in [2.45, 2.75) is 6.92 Å². The summed E-state index contributed by atoms with van der Waals surface area (Å²) in [6.07, 6.45) is 0. The van der Waals surface area contributed by atoms with E-state index in [0.29, 0.717) is 5.71 Å².